The number of aryl methyl sites for hydroxylation is 3. The maximum absolute atomic E-state index is 11.9. The molecule has 0 N–H and O–H groups in total. The van der Waals surface area contributed by atoms with Gasteiger partial charge < -0.3 is 4.74 Å². The van der Waals surface area contributed by atoms with Crippen LogP contribution in [-0.2, 0) is 14.5 Å². The van der Waals surface area contributed by atoms with Gasteiger partial charge in [-0.1, -0.05) is 17.7 Å². The van der Waals surface area contributed by atoms with Gasteiger partial charge in [-0.05, 0) is 38.8 Å². The van der Waals surface area contributed by atoms with Crippen molar-refractivity contribution in [3.8, 4) is 0 Å². The molecule has 0 aromatic heterocycles. The van der Waals surface area contributed by atoms with E-state index < -0.39 is 5.97 Å². The van der Waals surface area contributed by atoms with Gasteiger partial charge in [0.25, 0.3) is 0 Å². The first-order valence-corrected chi connectivity index (χ1v) is 6.40. The number of rotatable bonds is 6. The average Bonchev–Trinajstić information content (AvgIpc) is 2.33. The Morgan fingerprint density at radius 3 is 2.32 bits per heavy atom. The van der Waals surface area contributed by atoms with E-state index >= 15 is 0 Å². The van der Waals surface area contributed by atoms with Crippen molar-refractivity contribution in [2.24, 2.45) is 0 Å². The van der Waals surface area contributed by atoms with Gasteiger partial charge in [-0.25, -0.2) is 4.79 Å². The first-order valence-electron chi connectivity index (χ1n) is 6.40. The lowest BCUT2D eigenvalue weighted by Gasteiger charge is -2.11. The Bertz CT molecular complexity index is 417. The molecule has 0 aliphatic heterocycles. The first kappa shape index (κ1) is 15.7. The molecule has 0 saturated heterocycles. The van der Waals surface area contributed by atoms with Crippen LogP contribution in [-0.4, -0.2) is 25.8 Å². The van der Waals surface area contributed by atoms with Crippen LogP contribution in [0.5, 0.6) is 0 Å². The molecule has 0 aliphatic carbocycles. The summed E-state index contributed by atoms with van der Waals surface area (Å²) in [6.45, 7) is 8.04. The van der Waals surface area contributed by atoms with Crippen molar-refractivity contribution in [1.29, 1.82) is 0 Å². The van der Waals surface area contributed by atoms with E-state index in [1.807, 2.05) is 39.8 Å². The minimum absolute atomic E-state index is 0.0848. The van der Waals surface area contributed by atoms with Gasteiger partial charge in [0.2, 0.25) is 0 Å². The number of hydrogen-bond donors (Lipinski definition) is 0. The maximum Gasteiger partial charge on any atom is 0.373 e. The van der Waals surface area contributed by atoms with Gasteiger partial charge in [0.05, 0.1) is 18.3 Å². The minimum Gasteiger partial charge on any atom is -0.382 e. The number of hydrogen-bond acceptors (Lipinski definition) is 4. The van der Waals surface area contributed by atoms with Crippen molar-refractivity contribution in [2.75, 3.05) is 13.7 Å². The number of methoxy groups -OCH3 is 1. The van der Waals surface area contributed by atoms with Crippen molar-refractivity contribution in [3.63, 3.8) is 0 Å². The summed E-state index contributed by atoms with van der Waals surface area (Å²) < 4.78 is 5.07. The molecule has 19 heavy (non-hydrogen) atoms. The summed E-state index contributed by atoms with van der Waals surface area (Å²) in [4.78, 5) is 21.7. The molecule has 4 heteroatoms. The van der Waals surface area contributed by atoms with Crippen molar-refractivity contribution in [1.82, 2.24) is 0 Å². The Balaban J connectivity index is 2.55. The summed E-state index contributed by atoms with van der Waals surface area (Å²) in [6.07, 6.45) is 0.761. The van der Waals surface area contributed by atoms with E-state index in [9.17, 15) is 4.79 Å². The SMILES string of the molecule is COC(C)CCOOC(=O)c1c(C)cc(C)cc1C. The lowest BCUT2D eigenvalue weighted by molar-refractivity contribution is -0.244. The Morgan fingerprint density at radius 1 is 1.21 bits per heavy atom. The molecule has 4 nitrogen and oxygen atoms in total. The van der Waals surface area contributed by atoms with Crippen LogP contribution in [0.3, 0.4) is 0 Å². The fraction of sp³-hybridized carbons (Fsp3) is 0.533. The quantitative estimate of drug-likeness (QED) is 0.451. The van der Waals surface area contributed by atoms with Gasteiger partial charge in [0, 0.05) is 13.5 Å². The molecule has 1 aromatic carbocycles. The summed E-state index contributed by atoms with van der Waals surface area (Å²) in [5.74, 6) is -0.444. The maximum atomic E-state index is 11.9. The van der Waals surface area contributed by atoms with Crippen LogP contribution >= 0.6 is 0 Å². The highest BCUT2D eigenvalue weighted by atomic mass is 17.2. The Kier molecular flexibility index (Phi) is 5.99. The molecule has 0 radical (unpaired) electrons. The van der Waals surface area contributed by atoms with E-state index in [0.717, 1.165) is 16.7 Å². The first-order chi connectivity index (χ1) is 8.95. The molecule has 0 fully saturated rings. The fourth-order valence-electron chi connectivity index (χ4n) is 1.97. The van der Waals surface area contributed by atoms with E-state index in [-0.39, 0.29) is 6.10 Å². The molecule has 0 bridgehead atoms. The molecule has 1 rings (SSSR count). The second-order valence-corrected chi connectivity index (χ2v) is 4.80. The molecule has 1 atom stereocenters. The molecule has 0 saturated carbocycles. The van der Waals surface area contributed by atoms with Crippen LogP contribution in [0.25, 0.3) is 0 Å². The standard InChI is InChI=1S/C15H22O4/c1-10-8-11(2)14(12(3)9-10)15(16)19-18-7-6-13(4)17-5/h8-9,13H,6-7H2,1-5H3. The van der Waals surface area contributed by atoms with Crippen LogP contribution < -0.4 is 0 Å². The van der Waals surface area contributed by atoms with Crippen LogP contribution in [0.4, 0.5) is 0 Å². The van der Waals surface area contributed by atoms with E-state index in [1.54, 1.807) is 7.11 Å². The number of benzene rings is 1. The monoisotopic (exact) mass is 266 g/mol. The summed E-state index contributed by atoms with van der Waals surface area (Å²) in [5, 5.41) is 0. The zero-order chi connectivity index (χ0) is 14.4. The molecule has 1 aromatic rings. The van der Waals surface area contributed by atoms with Crippen molar-refractivity contribution in [2.45, 2.75) is 40.2 Å². The average molecular weight is 266 g/mol. The second-order valence-electron chi connectivity index (χ2n) is 4.80. The predicted octanol–water partition coefficient (Wildman–Crippen LogP) is 3.13. The van der Waals surface area contributed by atoms with Crippen molar-refractivity contribution in [3.05, 3.63) is 34.4 Å². The lowest BCUT2D eigenvalue weighted by Crippen LogP contribution is -2.13. The molecular weight excluding hydrogens is 244 g/mol. The molecule has 0 spiro atoms. The van der Waals surface area contributed by atoms with Gasteiger partial charge in [-0.15, -0.1) is 0 Å². The van der Waals surface area contributed by atoms with E-state index in [0.29, 0.717) is 18.6 Å². The zero-order valence-electron chi connectivity index (χ0n) is 12.3. The summed E-state index contributed by atoms with van der Waals surface area (Å²) in [5.41, 5.74) is 3.50. The highest BCUT2D eigenvalue weighted by molar-refractivity contribution is 5.92. The number of carbonyl (C=O) groups excluding carboxylic acids is 1. The van der Waals surface area contributed by atoms with Crippen LogP contribution in [0.2, 0.25) is 0 Å². The van der Waals surface area contributed by atoms with Gasteiger partial charge in [-0.3, -0.25) is 4.89 Å². The third kappa shape index (κ3) is 4.65. The van der Waals surface area contributed by atoms with Crippen LogP contribution in [0.15, 0.2) is 12.1 Å². The molecule has 106 valence electrons. The Labute approximate surface area is 114 Å². The molecule has 0 aliphatic rings. The van der Waals surface area contributed by atoms with Crippen molar-refractivity contribution >= 4 is 5.97 Å². The van der Waals surface area contributed by atoms with Crippen LogP contribution in [0.1, 0.15) is 40.4 Å². The number of ether oxygens (including phenoxy) is 1. The summed E-state index contributed by atoms with van der Waals surface area (Å²) in [6, 6.07) is 3.91. The summed E-state index contributed by atoms with van der Waals surface area (Å²) >= 11 is 0. The highest BCUT2D eigenvalue weighted by Crippen LogP contribution is 2.17. The van der Waals surface area contributed by atoms with Gasteiger partial charge in [0.15, 0.2) is 0 Å². The van der Waals surface area contributed by atoms with Crippen LogP contribution in [0, 0.1) is 20.8 Å². The second kappa shape index (κ2) is 7.26. The third-order valence-corrected chi connectivity index (χ3v) is 3.03. The molecular formula is C15H22O4. The molecule has 0 amide bonds. The largest absolute Gasteiger partial charge is 0.382 e. The Hall–Kier alpha value is -1.39. The summed E-state index contributed by atoms with van der Waals surface area (Å²) in [7, 11) is 1.63. The molecule has 1 unspecified atom stereocenters. The topological polar surface area (TPSA) is 44.8 Å². The van der Waals surface area contributed by atoms with Gasteiger partial charge >= 0.3 is 5.97 Å². The highest BCUT2D eigenvalue weighted by Gasteiger charge is 2.15. The third-order valence-electron chi connectivity index (χ3n) is 3.03. The van der Waals surface area contributed by atoms with E-state index in [1.165, 1.54) is 0 Å². The zero-order valence-corrected chi connectivity index (χ0v) is 12.3. The van der Waals surface area contributed by atoms with Gasteiger partial charge in [-0.2, -0.15) is 4.89 Å². The fourth-order valence-corrected chi connectivity index (χ4v) is 1.97. The lowest BCUT2D eigenvalue weighted by atomic mass is 10.0. The van der Waals surface area contributed by atoms with Gasteiger partial charge in [0.1, 0.15) is 0 Å². The smallest absolute Gasteiger partial charge is 0.373 e. The number of carbonyl (C=O) groups is 1. The predicted molar refractivity (Wildman–Crippen MR) is 73.1 cm³/mol. The van der Waals surface area contributed by atoms with E-state index in [4.69, 9.17) is 14.5 Å². The van der Waals surface area contributed by atoms with E-state index in [2.05, 4.69) is 0 Å². The Morgan fingerprint density at radius 2 is 1.79 bits per heavy atom. The minimum atomic E-state index is -0.444. The molecule has 0 heterocycles. The normalized spacial score (nSPS) is 12.3. The van der Waals surface area contributed by atoms with Crippen molar-refractivity contribution < 1.29 is 19.3 Å².